The summed E-state index contributed by atoms with van der Waals surface area (Å²) >= 11 is 0. The van der Waals surface area contributed by atoms with E-state index in [1.54, 1.807) is 12.8 Å². The van der Waals surface area contributed by atoms with E-state index < -0.39 is 0 Å². The van der Waals surface area contributed by atoms with Crippen LogP contribution in [0, 0.1) is 17.8 Å². The predicted molar refractivity (Wildman–Crippen MR) is 72.5 cm³/mol. The van der Waals surface area contributed by atoms with E-state index in [9.17, 15) is 0 Å². The molecule has 1 heterocycles. The van der Waals surface area contributed by atoms with Gasteiger partial charge in [0, 0.05) is 19.1 Å². The van der Waals surface area contributed by atoms with Crippen molar-refractivity contribution in [2.75, 3.05) is 19.7 Å². The van der Waals surface area contributed by atoms with Gasteiger partial charge < -0.3 is 4.74 Å². The topological polar surface area (TPSA) is 12.5 Å². The predicted octanol–water partition coefficient (Wildman–Crippen LogP) is 3.07. The van der Waals surface area contributed by atoms with E-state index in [1.807, 2.05) is 0 Å². The number of hydrogen-bond donors (Lipinski definition) is 0. The SMILES string of the molecule is C1CC[C@H]2OCCN(C[C@@H]3C[C@H]4CC[C@H]3C4)[C@@H]2C1. The van der Waals surface area contributed by atoms with Crippen molar-refractivity contribution >= 4 is 0 Å². The van der Waals surface area contributed by atoms with Gasteiger partial charge >= 0.3 is 0 Å². The van der Waals surface area contributed by atoms with Gasteiger partial charge in [-0.3, -0.25) is 4.90 Å². The molecular formula is C16H27NO. The summed E-state index contributed by atoms with van der Waals surface area (Å²) in [7, 11) is 0. The largest absolute Gasteiger partial charge is 0.375 e. The van der Waals surface area contributed by atoms with Gasteiger partial charge in [-0.25, -0.2) is 0 Å². The molecule has 4 rings (SSSR count). The smallest absolute Gasteiger partial charge is 0.0730 e. The average Bonchev–Trinajstić information content (AvgIpc) is 3.01. The average molecular weight is 249 g/mol. The normalized spacial score (nSPS) is 48.3. The Kier molecular flexibility index (Phi) is 3.12. The van der Waals surface area contributed by atoms with Crippen LogP contribution in [0.1, 0.15) is 51.4 Å². The Morgan fingerprint density at radius 1 is 1.00 bits per heavy atom. The van der Waals surface area contributed by atoms with Gasteiger partial charge in [-0.2, -0.15) is 0 Å². The van der Waals surface area contributed by atoms with Crippen molar-refractivity contribution in [3.8, 4) is 0 Å². The lowest BCUT2D eigenvalue weighted by atomic mass is 9.85. The summed E-state index contributed by atoms with van der Waals surface area (Å²) in [5.74, 6) is 3.22. The molecule has 0 aromatic heterocycles. The molecular weight excluding hydrogens is 222 g/mol. The fraction of sp³-hybridized carbons (Fsp3) is 1.00. The molecule has 5 atom stereocenters. The number of fused-ring (bicyclic) bond motifs is 3. The van der Waals surface area contributed by atoms with Crippen molar-refractivity contribution in [3.63, 3.8) is 0 Å². The lowest BCUT2D eigenvalue weighted by Gasteiger charge is -2.45. The van der Waals surface area contributed by atoms with Crippen LogP contribution in [-0.4, -0.2) is 36.7 Å². The summed E-state index contributed by atoms with van der Waals surface area (Å²) in [6.45, 7) is 3.59. The van der Waals surface area contributed by atoms with Crippen molar-refractivity contribution in [2.45, 2.75) is 63.5 Å². The Morgan fingerprint density at radius 3 is 2.78 bits per heavy atom. The summed E-state index contributed by atoms with van der Waals surface area (Å²) in [5, 5.41) is 0. The molecule has 2 nitrogen and oxygen atoms in total. The van der Waals surface area contributed by atoms with Gasteiger partial charge in [0.2, 0.25) is 0 Å². The van der Waals surface area contributed by atoms with Gasteiger partial charge in [-0.05, 0) is 49.9 Å². The fourth-order valence-electron chi connectivity index (χ4n) is 5.30. The number of rotatable bonds is 2. The van der Waals surface area contributed by atoms with Crippen molar-refractivity contribution < 1.29 is 4.74 Å². The highest BCUT2D eigenvalue weighted by Crippen LogP contribution is 2.48. The molecule has 0 aromatic rings. The van der Waals surface area contributed by atoms with Crippen LogP contribution in [0.25, 0.3) is 0 Å². The highest BCUT2D eigenvalue weighted by atomic mass is 16.5. The van der Waals surface area contributed by atoms with Crippen LogP contribution in [0.2, 0.25) is 0 Å². The fourth-order valence-corrected chi connectivity index (χ4v) is 5.30. The second kappa shape index (κ2) is 4.79. The van der Waals surface area contributed by atoms with Gasteiger partial charge in [0.25, 0.3) is 0 Å². The Balaban J connectivity index is 1.41. The van der Waals surface area contributed by atoms with Gasteiger partial charge in [0.05, 0.1) is 12.7 Å². The molecule has 0 spiro atoms. The molecule has 0 unspecified atom stereocenters. The number of nitrogens with zero attached hydrogens (tertiary/aromatic N) is 1. The van der Waals surface area contributed by atoms with E-state index in [2.05, 4.69) is 4.90 Å². The van der Waals surface area contributed by atoms with Crippen molar-refractivity contribution in [3.05, 3.63) is 0 Å². The first-order valence-electron chi connectivity index (χ1n) is 8.26. The third-order valence-electron chi connectivity index (χ3n) is 6.20. The molecule has 3 saturated carbocycles. The van der Waals surface area contributed by atoms with Gasteiger partial charge in [0.15, 0.2) is 0 Å². The molecule has 1 aliphatic heterocycles. The summed E-state index contributed by atoms with van der Waals surface area (Å²) < 4.78 is 6.00. The van der Waals surface area contributed by atoms with Gasteiger partial charge in [-0.15, -0.1) is 0 Å². The van der Waals surface area contributed by atoms with Crippen molar-refractivity contribution in [2.24, 2.45) is 17.8 Å². The van der Waals surface area contributed by atoms with Gasteiger partial charge in [0.1, 0.15) is 0 Å². The molecule has 0 amide bonds. The second-order valence-electron chi connectivity index (χ2n) is 7.19. The zero-order valence-electron chi connectivity index (χ0n) is 11.5. The zero-order chi connectivity index (χ0) is 11.9. The minimum Gasteiger partial charge on any atom is -0.375 e. The molecule has 102 valence electrons. The second-order valence-corrected chi connectivity index (χ2v) is 7.19. The van der Waals surface area contributed by atoms with Crippen LogP contribution in [-0.2, 0) is 4.74 Å². The minimum atomic E-state index is 0.575. The minimum absolute atomic E-state index is 0.575. The first kappa shape index (κ1) is 11.7. The van der Waals surface area contributed by atoms with Crippen LogP contribution in [0.5, 0.6) is 0 Å². The maximum atomic E-state index is 6.00. The first-order valence-corrected chi connectivity index (χ1v) is 8.26. The van der Waals surface area contributed by atoms with Crippen LogP contribution >= 0.6 is 0 Å². The Bertz CT molecular complexity index is 303. The summed E-state index contributed by atoms with van der Waals surface area (Å²) in [6.07, 6.45) is 12.3. The molecule has 4 fully saturated rings. The lowest BCUT2D eigenvalue weighted by Crippen LogP contribution is -2.54. The molecule has 1 saturated heterocycles. The van der Waals surface area contributed by atoms with E-state index in [0.717, 1.165) is 30.4 Å². The Hall–Kier alpha value is -0.0800. The molecule has 3 aliphatic carbocycles. The number of hydrogen-bond acceptors (Lipinski definition) is 2. The monoisotopic (exact) mass is 249 g/mol. The molecule has 18 heavy (non-hydrogen) atoms. The highest BCUT2D eigenvalue weighted by Gasteiger charge is 2.42. The summed E-state index contributed by atoms with van der Waals surface area (Å²) in [6, 6.07) is 0.770. The number of ether oxygens (including phenoxy) is 1. The summed E-state index contributed by atoms with van der Waals surface area (Å²) in [5.41, 5.74) is 0. The highest BCUT2D eigenvalue weighted by molar-refractivity contribution is 4.94. The summed E-state index contributed by atoms with van der Waals surface area (Å²) in [4.78, 5) is 2.82. The van der Waals surface area contributed by atoms with Crippen LogP contribution in [0.4, 0.5) is 0 Å². The molecule has 4 aliphatic rings. The molecule has 2 heteroatoms. The number of morpholine rings is 1. The van der Waals surface area contributed by atoms with E-state index in [-0.39, 0.29) is 0 Å². The van der Waals surface area contributed by atoms with Crippen LogP contribution in [0.15, 0.2) is 0 Å². The van der Waals surface area contributed by atoms with Gasteiger partial charge in [-0.1, -0.05) is 19.3 Å². The molecule has 0 aromatic carbocycles. The molecule has 0 radical (unpaired) electrons. The van der Waals surface area contributed by atoms with E-state index in [4.69, 9.17) is 4.74 Å². The van der Waals surface area contributed by atoms with Crippen LogP contribution in [0.3, 0.4) is 0 Å². The third kappa shape index (κ3) is 2.02. The Labute approximate surface area is 111 Å². The maximum absolute atomic E-state index is 6.00. The van der Waals surface area contributed by atoms with Crippen LogP contribution < -0.4 is 0 Å². The standard InChI is InChI=1S/C16H27NO/c1-2-4-16-15(3-1)17(7-8-18-16)11-14-10-12-5-6-13(14)9-12/h12-16H,1-11H2/t12-,13-,14-,15+,16+/m0/s1. The first-order chi connectivity index (χ1) is 8.90. The Morgan fingerprint density at radius 2 is 1.94 bits per heavy atom. The van der Waals surface area contributed by atoms with Crippen molar-refractivity contribution in [1.82, 2.24) is 4.90 Å². The molecule has 0 N–H and O–H groups in total. The lowest BCUT2D eigenvalue weighted by molar-refractivity contribution is -0.0937. The zero-order valence-corrected chi connectivity index (χ0v) is 11.5. The van der Waals surface area contributed by atoms with E-state index in [1.165, 1.54) is 51.6 Å². The van der Waals surface area contributed by atoms with E-state index in [0.29, 0.717) is 6.10 Å². The third-order valence-corrected chi connectivity index (χ3v) is 6.20. The maximum Gasteiger partial charge on any atom is 0.0730 e. The van der Waals surface area contributed by atoms with Crippen molar-refractivity contribution in [1.29, 1.82) is 0 Å². The molecule has 2 bridgehead atoms. The van der Waals surface area contributed by atoms with E-state index >= 15 is 0 Å². The quantitative estimate of drug-likeness (QED) is 0.746.